The molecule has 1 aliphatic heterocycles. The van der Waals surface area contributed by atoms with Gasteiger partial charge in [0.15, 0.2) is 6.10 Å². The fourth-order valence-corrected chi connectivity index (χ4v) is 2.92. The molecule has 0 spiro atoms. The Labute approximate surface area is 141 Å². The summed E-state index contributed by atoms with van der Waals surface area (Å²) in [4.78, 5) is 25.9. The number of aliphatic hydroxyl groups is 1. The summed E-state index contributed by atoms with van der Waals surface area (Å²) >= 11 is 5.88. The van der Waals surface area contributed by atoms with E-state index >= 15 is 0 Å². The lowest BCUT2D eigenvalue weighted by atomic mass is 10.0. The third-order valence-corrected chi connectivity index (χ3v) is 4.29. The third kappa shape index (κ3) is 4.69. The first-order chi connectivity index (χ1) is 10.9. The van der Waals surface area contributed by atoms with E-state index in [1.165, 1.54) is 0 Å². The zero-order chi connectivity index (χ0) is 17.0. The Bertz CT molecular complexity index is 569. The predicted octanol–water partition coefficient (Wildman–Crippen LogP) is 2.14. The van der Waals surface area contributed by atoms with E-state index in [1.54, 1.807) is 24.3 Å². The van der Waals surface area contributed by atoms with Crippen molar-refractivity contribution in [3.8, 4) is 0 Å². The van der Waals surface area contributed by atoms with Crippen LogP contribution >= 0.6 is 11.6 Å². The molecule has 1 aliphatic rings. The van der Waals surface area contributed by atoms with Gasteiger partial charge in [-0.2, -0.15) is 0 Å². The van der Waals surface area contributed by atoms with Crippen molar-refractivity contribution in [2.45, 2.75) is 38.8 Å². The number of carbonyl (C=O) groups excluding carboxylic acids is 2. The number of nitrogens with one attached hydrogen (secondary N) is 1. The second kappa shape index (κ2) is 7.79. The number of piperidine rings is 1. The molecular formula is C17H23ClN2O3. The molecular weight excluding hydrogens is 316 g/mol. The van der Waals surface area contributed by atoms with E-state index in [0.717, 1.165) is 0 Å². The highest BCUT2D eigenvalue weighted by Crippen LogP contribution is 2.19. The number of aliphatic hydroxyl groups excluding tert-OH is 1. The van der Waals surface area contributed by atoms with Crippen molar-refractivity contribution in [1.29, 1.82) is 0 Å². The zero-order valence-corrected chi connectivity index (χ0v) is 14.2. The second-order valence-electron chi connectivity index (χ2n) is 6.22. The molecule has 1 aromatic rings. The van der Waals surface area contributed by atoms with E-state index in [0.29, 0.717) is 36.5 Å². The minimum absolute atomic E-state index is 0.00853. The molecule has 1 atom stereocenters. The van der Waals surface area contributed by atoms with Crippen LogP contribution in [-0.4, -0.2) is 41.0 Å². The van der Waals surface area contributed by atoms with Crippen LogP contribution in [0.2, 0.25) is 5.02 Å². The monoisotopic (exact) mass is 338 g/mol. The van der Waals surface area contributed by atoms with E-state index in [2.05, 4.69) is 5.32 Å². The number of rotatable bonds is 4. The lowest BCUT2D eigenvalue weighted by molar-refractivity contribution is -0.136. The van der Waals surface area contributed by atoms with Crippen LogP contribution in [-0.2, 0) is 9.59 Å². The number of carbonyl (C=O) groups is 2. The Morgan fingerprint density at radius 3 is 2.52 bits per heavy atom. The van der Waals surface area contributed by atoms with Gasteiger partial charge in [0, 0.05) is 30.1 Å². The summed E-state index contributed by atoms with van der Waals surface area (Å²) < 4.78 is 0. The van der Waals surface area contributed by atoms with Gasteiger partial charge in [-0.3, -0.25) is 9.59 Å². The quantitative estimate of drug-likeness (QED) is 0.883. The summed E-state index contributed by atoms with van der Waals surface area (Å²) in [6.45, 7) is 5.04. The molecule has 1 aromatic carbocycles. The predicted molar refractivity (Wildman–Crippen MR) is 89.0 cm³/mol. The van der Waals surface area contributed by atoms with Crippen molar-refractivity contribution < 1.29 is 14.7 Å². The molecule has 0 aliphatic carbocycles. The molecule has 0 aromatic heterocycles. The molecule has 1 saturated heterocycles. The number of halogens is 1. The molecule has 5 nitrogen and oxygen atoms in total. The van der Waals surface area contributed by atoms with Crippen LogP contribution in [0.15, 0.2) is 24.3 Å². The normalized spacial score (nSPS) is 17.2. The zero-order valence-electron chi connectivity index (χ0n) is 13.5. The van der Waals surface area contributed by atoms with E-state index < -0.39 is 12.0 Å². The molecule has 0 radical (unpaired) electrons. The van der Waals surface area contributed by atoms with Crippen LogP contribution in [0, 0.1) is 5.92 Å². The van der Waals surface area contributed by atoms with Crippen LogP contribution in [0.4, 0.5) is 0 Å². The van der Waals surface area contributed by atoms with Crippen molar-refractivity contribution in [2.75, 3.05) is 13.1 Å². The number of amides is 2. The van der Waals surface area contributed by atoms with Gasteiger partial charge in [0.2, 0.25) is 5.91 Å². The summed E-state index contributed by atoms with van der Waals surface area (Å²) in [5.41, 5.74) is 0.474. The summed E-state index contributed by atoms with van der Waals surface area (Å²) in [7, 11) is 0. The van der Waals surface area contributed by atoms with Gasteiger partial charge >= 0.3 is 0 Å². The van der Waals surface area contributed by atoms with Crippen LogP contribution in [0.1, 0.15) is 38.4 Å². The van der Waals surface area contributed by atoms with E-state index in [9.17, 15) is 14.7 Å². The lowest BCUT2D eigenvalue weighted by Crippen LogP contribution is -2.48. The first-order valence-electron chi connectivity index (χ1n) is 7.91. The number of benzene rings is 1. The van der Waals surface area contributed by atoms with Gasteiger partial charge in [-0.25, -0.2) is 0 Å². The van der Waals surface area contributed by atoms with Crippen molar-refractivity contribution in [3.63, 3.8) is 0 Å². The minimum Gasteiger partial charge on any atom is -0.378 e. The Kier molecular flexibility index (Phi) is 6.02. The first kappa shape index (κ1) is 17.8. The molecule has 6 heteroatoms. The second-order valence-corrected chi connectivity index (χ2v) is 6.66. The Hall–Kier alpha value is -1.59. The fourth-order valence-electron chi connectivity index (χ4n) is 2.72. The van der Waals surface area contributed by atoms with Crippen molar-refractivity contribution in [1.82, 2.24) is 10.2 Å². The van der Waals surface area contributed by atoms with Crippen LogP contribution in [0.3, 0.4) is 0 Å². The van der Waals surface area contributed by atoms with Crippen LogP contribution < -0.4 is 5.32 Å². The lowest BCUT2D eigenvalue weighted by Gasteiger charge is -2.33. The van der Waals surface area contributed by atoms with Gasteiger partial charge in [-0.05, 0) is 30.5 Å². The van der Waals surface area contributed by atoms with Crippen molar-refractivity contribution in [2.24, 2.45) is 5.92 Å². The molecule has 23 heavy (non-hydrogen) atoms. The maximum Gasteiger partial charge on any atom is 0.253 e. The molecule has 2 rings (SSSR count). The van der Waals surface area contributed by atoms with Crippen molar-refractivity contribution >= 4 is 23.4 Å². The van der Waals surface area contributed by atoms with Gasteiger partial charge in [0.05, 0.1) is 0 Å². The first-order valence-corrected chi connectivity index (χ1v) is 8.29. The molecule has 1 fully saturated rings. The minimum atomic E-state index is -1.23. The van der Waals surface area contributed by atoms with E-state index in [4.69, 9.17) is 11.6 Å². The Morgan fingerprint density at radius 2 is 1.96 bits per heavy atom. The summed E-state index contributed by atoms with van der Waals surface area (Å²) in [6, 6.07) is 6.62. The smallest absolute Gasteiger partial charge is 0.253 e. The molecule has 1 heterocycles. The maximum absolute atomic E-state index is 12.2. The maximum atomic E-state index is 12.2. The molecule has 2 amide bonds. The van der Waals surface area contributed by atoms with E-state index in [1.807, 2.05) is 18.7 Å². The highest BCUT2D eigenvalue weighted by atomic mass is 35.5. The third-order valence-electron chi connectivity index (χ3n) is 4.06. The fraction of sp³-hybridized carbons (Fsp3) is 0.529. The van der Waals surface area contributed by atoms with Gasteiger partial charge in [0.25, 0.3) is 5.91 Å². The van der Waals surface area contributed by atoms with Gasteiger partial charge < -0.3 is 15.3 Å². The number of hydrogen-bond acceptors (Lipinski definition) is 3. The molecule has 0 unspecified atom stereocenters. The van der Waals surface area contributed by atoms with Crippen LogP contribution in [0.25, 0.3) is 0 Å². The highest BCUT2D eigenvalue weighted by Gasteiger charge is 2.27. The van der Waals surface area contributed by atoms with E-state index in [-0.39, 0.29) is 17.9 Å². The summed E-state index contributed by atoms with van der Waals surface area (Å²) in [5, 5.41) is 13.5. The largest absolute Gasteiger partial charge is 0.378 e. The van der Waals surface area contributed by atoms with Crippen molar-refractivity contribution in [3.05, 3.63) is 34.9 Å². The Morgan fingerprint density at radius 1 is 1.30 bits per heavy atom. The molecule has 2 N–H and O–H groups in total. The number of nitrogens with zero attached hydrogens (tertiary/aromatic N) is 1. The average Bonchev–Trinajstić information content (AvgIpc) is 2.54. The average molecular weight is 339 g/mol. The number of likely N-dealkylation sites (tertiary alicyclic amines) is 1. The van der Waals surface area contributed by atoms with Gasteiger partial charge in [-0.1, -0.05) is 37.6 Å². The highest BCUT2D eigenvalue weighted by molar-refractivity contribution is 6.30. The molecule has 0 saturated carbocycles. The SMILES string of the molecule is CC(C)C(=O)N1CCC(NC(=O)[C@H](O)c2cccc(Cl)c2)CC1. The Balaban J connectivity index is 1.86. The topological polar surface area (TPSA) is 69.6 Å². The van der Waals surface area contributed by atoms with Gasteiger partial charge in [0.1, 0.15) is 0 Å². The number of hydrogen-bond donors (Lipinski definition) is 2. The summed E-state index contributed by atoms with van der Waals surface area (Å²) in [6.07, 6.45) is 0.169. The van der Waals surface area contributed by atoms with Crippen LogP contribution in [0.5, 0.6) is 0 Å². The molecule has 0 bridgehead atoms. The summed E-state index contributed by atoms with van der Waals surface area (Å²) in [5.74, 6) is -0.291. The standard InChI is InChI=1S/C17H23ClN2O3/c1-11(2)17(23)20-8-6-14(7-9-20)19-16(22)15(21)12-4-3-5-13(18)10-12/h3-5,10-11,14-15,21H,6-9H2,1-2H3,(H,19,22)/t15-/m1/s1. The van der Waals surface area contributed by atoms with Gasteiger partial charge in [-0.15, -0.1) is 0 Å². The molecule has 126 valence electrons.